The third-order valence-corrected chi connectivity index (χ3v) is 5.48. The number of rotatable bonds is 5. The Bertz CT molecular complexity index is 900. The van der Waals surface area contributed by atoms with Gasteiger partial charge in [-0.1, -0.05) is 24.3 Å². The van der Waals surface area contributed by atoms with Crippen LogP contribution in [0.1, 0.15) is 36.9 Å². The quantitative estimate of drug-likeness (QED) is 0.589. The molecule has 0 bridgehead atoms. The molecular weight excluding hydrogens is 342 g/mol. The van der Waals surface area contributed by atoms with Crippen molar-refractivity contribution in [2.75, 3.05) is 20.6 Å². The molecule has 0 aliphatic carbocycles. The van der Waals surface area contributed by atoms with E-state index in [1.54, 1.807) is 6.34 Å². The van der Waals surface area contributed by atoms with Gasteiger partial charge < -0.3 is 9.80 Å². The van der Waals surface area contributed by atoms with Crippen LogP contribution in [0.5, 0.6) is 0 Å². The van der Waals surface area contributed by atoms with Crippen LogP contribution in [0.15, 0.2) is 41.6 Å². The number of ketones is 1. The van der Waals surface area contributed by atoms with Crippen LogP contribution in [0, 0.1) is 0 Å². The fraction of sp³-hybridized carbons (Fsp3) is 0.333. The number of Topliss-reactive ketones (excluding diaryl/α,β-unsaturated/α-hetero) is 1. The van der Waals surface area contributed by atoms with E-state index in [0.29, 0.717) is 6.54 Å². The van der Waals surface area contributed by atoms with E-state index in [0.717, 1.165) is 38.1 Å². The number of carbonyl (C=O) groups excluding carboxylic acids is 1. The summed E-state index contributed by atoms with van der Waals surface area (Å²) in [6.07, 6.45) is 12.4. The Morgan fingerprint density at radius 1 is 1.38 bits per heavy atom. The molecule has 5 heteroatoms. The van der Waals surface area contributed by atoms with Crippen LogP contribution in [0.2, 0.25) is 0 Å². The molecule has 0 aromatic carbocycles. The molecule has 26 heavy (non-hydrogen) atoms. The summed E-state index contributed by atoms with van der Waals surface area (Å²) in [5, 5.41) is 1.04. The number of nitrogens with zero attached hydrogens (tertiary/aromatic N) is 3. The summed E-state index contributed by atoms with van der Waals surface area (Å²) in [6, 6.07) is 0. The van der Waals surface area contributed by atoms with E-state index in [1.165, 1.54) is 11.3 Å². The fourth-order valence-electron chi connectivity index (χ4n) is 2.96. The third kappa shape index (κ3) is 3.88. The van der Waals surface area contributed by atoms with E-state index in [4.69, 9.17) is 4.99 Å². The molecule has 0 N–H and O–H groups in total. The predicted molar refractivity (Wildman–Crippen MR) is 113 cm³/mol. The normalized spacial score (nSPS) is 16.8. The van der Waals surface area contributed by atoms with Gasteiger partial charge >= 0.3 is 0 Å². The number of hydrogen-bond acceptors (Lipinski definition) is 5. The summed E-state index contributed by atoms with van der Waals surface area (Å²) in [7, 11) is 4.03. The summed E-state index contributed by atoms with van der Waals surface area (Å²) < 4.78 is 1.08. The zero-order valence-electron chi connectivity index (χ0n) is 16.2. The molecule has 0 spiro atoms. The summed E-state index contributed by atoms with van der Waals surface area (Å²) in [4.78, 5) is 22.4. The largest absolute Gasteiger partial charge is 0.380 e. The van der Waals surface area contributed by atoms with Gasteiger partial charge in [0.05, 0.1) is 23.4 Å². The van der Waals surface area contributed by atoms with Crippen molar-refractivity contribution in [1.29, 1.82) is 0 Å². The molecule has 0 saturated heterocycles. The fourth-order valence-corrected chi connectivity index (χ4v) is 4.04. The van der Waals surface area contributed by atoms with Gasteiger partial charge in [0.2, 0.25) is 0 Å². The van der Waals surface area contributed by atoms with E-state index in [1.807, 2.05) is 64.1 Å². The topological polar surface area (TPSA) is 35.9 Å². The number of fused-ring (bicyclic) bond motifs is 1. The van der Waals surface area contributed by atoms with Crippen LogP contribution in [0.3, 0.4) is 0 Å². The number of aliphatic imine (C=N–C) groups is 1. The molecule has 138 valence electrons. The lowest BCUT2D eigenvalue weighted by molar-refractivity contribution is 0.0979. The molecule has 1 aromatic heterocycles. The summed E-state index contributed by atoms with van der Waals surface area (Å²) in [5.74, 6) is 0.0948. The van der Waals surface area contributed by atoms with Crippen molar-refractivity contribution in [2.45, 2.75) is 27.2 Å². The number of thiophene rings is 1. The summed E-state index contributed by atoms with van der Waals surface area (Å²) >= 11 is 1.52. The predicted octanol–water partition coefficient (Wildman–Crippen LogP) is 3.43. The van der Waals surface area contributed by atoms with Gasteiger partial charge in [-0.15, -0.1) is 17.9 Å². The van der Waals surface area contributed by atoms with Crippen LogP contribution in [0.25, 0.3) is 11.8 Å². The maximum atomic E-state index is 13.0. The van der Waals surface area contributed by atoms with Gasteiger partial charge in [-0.3, -0.25) is 4.79 Å². The van der Waals surface area contributed by atoms with Crippen molar-refractivity contribution in [2.24, 2.45) is 4.99 Å². The molecule has 1 aliphatic rings. The first-order chi connectivity index (χ1) is 12.5. The lowest BCUT2D eigenvalue weighted by Crippen LogP contribution is -2.28. The average molecular weight is 370 g/mol. The molecule has 1 aromatic rings. The first-order valence-corrected chi connectivity index (χ1v) is 9.53. The standard InChI is InChI=1S/C21H27N3OS/c1-7-11-15(9-3)24-13-17(25)21-20(22-14-24)19(18(10-4)26-21)16(12-8-2)23(5)6/h7-11,14H,2,12-13H2,1,3-6H3/b11-7-,15-9+,18-10+,19-16-. The van der Waals surface area contributed by atoms with Gasteiger partial charge in [-0.25, -0.2) is 4.99 Å². The summed E-state index contributed by atoms with van der Waals surface area (Å²) in [5.41, 5.74) is 2.85. The molecule has 0 unspecified atom stereocenters. The van der Waals surface area contributed by atoms with Crippen LogP contribution in [-0.4, -0.2) is 42.6 Å². The van der Waals surface area contributed by atoms with Gasteiger partial charge in [0.25, 0.3) is 0 Å². The molecule has 0 atom stereocenters. The molecule has 0 radical (unpaired) electrons. The SMILES string of the molecule is C=CC/C(=c1/c2c(s/c1=C/C)C(=O)CN(C(/C=C\C)=C/C)C=N2)N(C)C. The van der Waals surface area contributed by atoms with Gasteiger partial charge in [-0.05, 0) is 26.8 Å². The maximum absolute atomic E-state index is 13.0. The van der Waals surface area contributed by atoms with E-state index >= 15 is 0 Å². The minimum Gasteiger partial charge on any atom is -0.380 e. The molecule has 4 nitrogen and oxygen atoms in total. The zero-order valence-corrected chi connectivity index (χ0v) is 17.1. The zero-order chi connectivity index (χ0) is 19.3. The minimum atomic E-state index is 0.0948. The lowest BCUT2D eigenvalue weighted by Gasteiger charge is -2.18. The lowest BCUT2D eigenvalue weighted by atomic mass is 10.1. The second-order valence-corrected chi connectivity index (χ2v) is 7.20. The van der Waals surface area contributed by atoms with Gasteiger partial charge in [0, 0.05) is 41.7 Å². The Hall–Kier alpha value is -2.40. The Morgan fingerprint density at radius 3 is 2.65 bits per heavy atom. The first-order valence-electron chi connectivity index (χ1n) is 8.72. The number of hydrogen-bond donors (Lipinski definition) is 0. The van der Waals surface area contributed by atoms with Crippen molar-refractivity contribution in [1.82, 2.24) is 9.80 Å². The molecule has 2 rings (SSSR count). The Morgan fingerprint density at radius 2 is 2.12 bits per heavy atom. The Kier molecular flexibility index (Phi) is 6.75. The Balaban J connectivity index is 2.76. The molecular formula is C21H27N3OS. The summed E-state index contributed by atoms with van der Waals surface area (Å²) in [6.45, 7) is 10.1. The van der Waals surface area contributed by atoms with Crippen LogP contribution in [-0.2, 0) is 0 Å². The molecule has 2 heterocycles. The van der Waals surface area contributed by atoms with Crippen molar-refractivity contribution < 1.29 is 4.79 Å². The maximum Gasteiger partial charge on any atom is 0.194 e. The van der Waals surface area contributed by atoms with E-state index < -0.39 is 0 Å². The van der Waals surface area contributed by atoms with Crippen molar-refractivity contribution in [3.05, 3.63) is 51.2 Å². The van der Waals surface area contributed by atoms with Crippen molar-refractivity contribution >= 4 is 40.9 Å². The molecule has 0 saturated carbocycles. The van der Waals surface area contributed by atoms with Gasteiger partial charge in [0.1, 0.15) is 0 Å². The molecule has 0 amide bonds. The van der Waals surface area contributed by atoms with Crippen molar-refractivity contribution in [3.63, 3.8) is 0 Å². The van der Waals surface area contributed by atoms with E-state index in [2.05, 4.69) is 17.6 Å². The Labute approximate surface area is 159 Å². The highest BCUT2D eigenvalue weighted by Gasteiger charge is 2.23. The average Bonchev–Trinajstić information content (AvgIpc) is 2.91. The van der Waals surface area contributed by atoms with Crippen LogP contribution < -0.4 is 9.75 Å². The molecule has 1 aliphatic heterocycles. The second-order valence-electron chi connectivity index (χ2n) is 6.15. The van der Waals surface area contributed by atoms with Crippen LogP contribution in [0.4, 0.5) is 5.69 Å². The number of allylic oxidation sites excluding steroid dienone is 3. The highest BCUT2D eigenvalue weighted by atomic mass is 32.1. The van der Waals surface area contributed by atoms with E-state index in [9.17, 15) is 4.79 Å². The van der Waals surface area contributed by atoms with Gasteiger partial charge in [-0.2, -0.15) is 0 Å². The molecule has 0 fully saturated rings. The highest BCUT2D eigenvalue weighted by molar-refractivity contribution is 7.12. The second kappa shape index (κ2) is 8.81. The first kappa shape index (κ1) is 19.9. The minimum absolute atomic E-state index is 0.0948. The van der Waals surface area contributed by atoms with Crippen molar-refractivity contribution in [3.8, 4) is 0 Å². The smallest absolute Gasteiger partial charge is 0.194 e. The third-order valence-electron chi connectivity index (χ3n) is 4.20. The number of carbonyl (C=O) groups is 1. The van der Waals surface area contributed by atoms with E-state index in [-0.39, 0.29) is 5.78 Å². The highest BCUT2D eigenvalue weighted by Crippen LogP contribution is 2.24. The van der Waals surface area contributed by atoms with Gasteiger partial charge in [0.15, 0.2) is 5.78 Å². The monoisotopic (exact) mass is 369 g/mol. The van der Waals surface area contributed by atoms with Crippen LogP contribution >= 0.6 is 11.3 Å².